The highest BCUT2D eigenvalue weighted by Crippen LogP contribution is 2.24. The Morgan fingerprint density at radius 1 is 1.30 bits per heavy atom. The summed E-state index contributed by atoms with van der Waals surface area (Å²) in [6.45, 7) is 6.38. The molecule has 1 N–H and O–H groups in total. The fourth-order valence-corrected chi connectivity index (χ4v) is 3.70. The molecule has 27 heavy (non-hydrogen) atoms. The van der Waals surface area contributed by atoms with E-state index in [0.717, 1.165) is 55.4 Å². The fourth-order valence-electron chi connectivity index (χ4n) is 3.70. The van der Waals surface area contributed by atoms with E-state index >= 15 is 0 Å². The quantitative estimate of drug-likeness (QED) is 0.712. The number of imidazole rings is 2. The maximum atomic E-state index is 13.6. The lowest BCUT2D eigenvalue weighted by Crippen LogP contribution is -2.46. The van der Waals surface area contributed by atoms with Crippen LogP contribution in [0.4, 0.5) is 4.39 Å². The Labute approximate surface area is 170 Å². The van der Waals surface area contributed by atoms with Crippen LogP contribution in [-0.4, -0.2) is 43.6 Å². The van der Waals surface area contributed by atoms with E-state index in [1.165, 1.54) is 12.1 Å². The van der Waals surface area contributed by atoms with Crippen LogP contribution in [0.3, 0.4) is 0 Å². The Morgan fingerprint density at radius 3 is 2.81 bits per heavy atom. The Morgan fingerprint density at radius 2 is 2.11 bits per heavy atom. The number of halogens is 3. The van der Waals surface area contributed by atoms with Gasteiger partial charge in [-0.2, -0.15) is 0 Å². The molecule has 2 aromatic heterocycles. The van der Waals surface area contributed by atoms with Gasteiger partial charge in [0.25, 0.3) is 0 Å². The Hall–Kier alpha value is -1.67. The van der Waals surface area contributed by atoms with Crippen molar-refractivity contribution >= 4 is 35.8 Å². The SMILES string of the molecule is CCn1c(CN2CCNCC2c2nccn2C)nc2cc(F)ccc21.Cl.Cl. The number of benzene rings is 1. The normalized spacial score (nSPS) is 17.5. The summed E-state index contributed by atoms with van der Waals surface area (Å²) in [6, 6.07) is 5.04. The average Bonchev–Trinajstić information content (AvgIpc) is 3.17. The molecule has 4 rings (SSSR count). The van der Waals surface area contributed by atoms with Crippen molar-refractivity contribution < 1.29 is 4.39 Å². The average molecular weight is 415 g/mol. The predicted octanol–water partition coefficient (Wildman–Crippen LogP) is 2.92. The van der Waals surface area contributed by atoms with Gasteiger partial charge < -0.3 is 14.5 Å². The van der Waals surface area contributed by atoms with E-state index in [-0.39, 0.29) is 36.7 Å². The van der Waals surface area contributed by atoms with Crippen LogP contribution in [0.25, 0.3) is 11.0 Å². The molecule has 1 aliphatic rings. The van der Waals surface area contributed by atoms with Crippen LogP contribution >= 0.6 is 24.8 Å². The van der Waals surface area contributed by atoms with Gasteiger partial charge in [-0.3, -0.25) is 4.90 Å². The van der Waals surface area contributed by atoms with Crippen LogP contribution in [0, 0.1) is 5.82 Å². The zero-order valence-corrected chi connectivity index (χ0v) is 17.1. The minimum Gasteiger partial charge on any atom is -0.337 e. The summed E-state index contributed by atoms with van der Waals surface area (Å²) in [7, 11) is 2.03. The van der Waals surface area contributed by atoms with Gasteiger partial charge in [0.1, 0.15) is 17.5 Å². The third-order valence-corrected chi connectivity index (χ3v) is 4.96. The first-order valence-corrected chi connectivity index (χ1v) is 8.74. The second-order valence-electron chi connectivity index (χ2n) is 6.49. The third-order valence-electron chi connectivity index (χ3n) is 4.96. The van der Waals surface area contributed by atoms with Gasteiger partial charge in [0.2, 0.25) is 0 Å². The second kappa shape index (κ2) is 9.01. The van der Waals surface area contributed by atoms with E-state index in [1.54, 1.807) is 0 Å². The number of aromatic nitrogens is 4. The number of nitrogens with zero attached hydrogens (tertiary/aromatic N) is 5. The number of hydrogen-bond acceptors (Lipinski definition) is 4. The van der Waals surface area contributed by atoms with Crippen LogP contribution in [0.1, 0.15) is 24.6 Å². The van der Waals surface area contributed by atoms with Crippen molar-refractivity contribution in [2.24, 2.45) is 7.05 Å². The highest BCUT2D eigenvalue weighted by atomic mass is 35.5. The molecule has 3 aromatic rings. The maximum Gasteiger partial charge on any atom is 0.127 e. The number of aryl methyl sites for hydroxylation is 2. The molecule has 0 bridgehead atoms. The van der Waals surface area contributed by atoms with Crippen molar-refractivity contribution in [3.05, 3.63) is 48.1 Å². The Kier molecular flexibility index (Phi) is 7.22. The second-order valence-corrected chi connectivity index (χ2v) is 6.49. The van der Waals surface area contributed by atoms with E-state index in [2.05, 4.69) is 31.3 Å². The maximum absolute atomic E-state index is 13.6. The number of hydrogen-bond donors (Lipinski definition) is 1. The van der Waals surface area contributed by atoms with Crippen molar-refractivity contribution in [2.75, 3.05) is 19.6 Å². The molecule has 1 atom stereocenters. The summed E-state index contributed by atoms with van der Waals surface area (Å²) in [5.74, 6) is 1.79. The first-order chi connectivity index (χ1) is 12.2. The van der Waals surface area contributed by atoms with Gasteiger partial charge >= 0.3 is 0 Å². The van der Waals surface area contributed by atoms with Crippen LogP contribution in [-0.2, 0) is 20.1 Å². The standard InChI is InChI=1S/C18H23FN6.2ClH/c1-3-25-15-5-4-13(19)10-14(15)22-17(25)12-24-9-6-20-11-16(24)18-21-7-8-23(18)2;;/h4-5,7-8,10,16,20H,3,6,9,11-12H2,1-2H3;2*1H. The summed E-state index contributed by atoms with van der Waals surface area (Å²) in [6.07, 6.45) is 3.82. The lowest BCUT2D eigenvalue weighted by molar-refractivity contribution is 0.139. The molecule has 1 unspecified atom stereocenters. The summed E-state index contributed by atoms with van der Waals surface area (Å²) in [5.41, 5.74) is 1.71. The highest BCUT2D eigenvalue weighted by Gasteiger charge is 2.28. The molecule has 0 saturated carbocycles. The van der Waals surface area contributed by atoms with Crippen LogP contribution in [0.5, 0.6) is 0 Å². The van der Waals surface area contributed by atoms with Gasteiger partial charge in [0.15, 0.2) is 0 Å². The van der Waals surface area contributed by atoms with Crippen molar-refractivity contribution in [1.82, 2.24) is 29.3 Å². The number of piperazine rings is 1. The molecule has 0 aliphatic carbocycles. The molecule has 3 heterocycles. The molecular weight excluding hydrogens is 390 g/mol. The summed E-state index contributed by atoms with van der Waals surface area (Å²) < 4.78 is 17.8. The van der Waals surface area contributed by atoms with Crippen LogP contribution in [0.15, 0.2) is 30.6 Å². The topological polar surface area (TPSA) is 50.9 Å². The van der Waals surface area contributed by atoms with Crippen molar-refractivity contribution in [2.45, 2.75) is 26.1 Å². The first-order valence-electron chi connectivity index (χ1n) is 8.74. The van der Waals surface area contributed by atoms with Crippen molar-refractivity contribution in [1.29, 1.82) is 0 Å². The molecule has 0 amide bonds. The highest BCUT2D eigenvalue weighted by molar-refractivity contribution is 5.85. The summed E-state index contributed by atoms with van der Waals surface area (Å²) >= 11 is 0. The van der Waals surface area contributed by atoms with Crippen molar-refractivity contribution in [3.63, 3.8) is 0 Å². The molecule has 148 valence electrons. The van der Waals surface area contributed by atoms with Gasteiger partial charge in [0, 0.05) is 51.7 Å². The van der Waals surface area contributed by atoms with Crippen LogP contribution < -0.4 is 5.32 Å². The predicted molar refractivity (Wildman–Crippen MR) is 109 cm³/mol. The van der Waals surface area contributed by atoms with Crippen molar-refractivity contribution in [3.8, 4) is 0 Å². The van der Waals surface area contributed by atoms with Gasteiger partial charge in [-0.25, -0.2) is 14.4 Å². The van der Waals surface area contributed by atoms with E-state index < -0.39 is 0 Å². The van der Waals surface area contributed by atoms with Gasteiger partial charge in [0.05, 0.1) is 23.6 Å². The summed E-state index contributed by atoms with van der Waals surface area (Å²) in [5, 5.41) is 3.46. The third kappa shape index (κ3) is 4.11. The lowest BCUT2D eigenvalue weighted by atomic mass is 10.1. The fraction of sp³-hybridized carbons (Fsp3) is 0.444. The van der Waals surface area contributed by atoms with Crippen LogP contribution in [0.2, 0.25) is 0 Å². The Bertz CT molecular complexity index is 893. The molecule has 1 aliphatic heterocycles. The molecule has 6 nitrogen and oxygen atoms in total. The molecule has 0 spiro atoms. The van der Waals surface area contributed by atoms with E-state index in [4.69, 9.17) is 4.98 Å². The minimum absolute atomic E-state index is 0. The zero-order chi connectivity index (χ0) is 17.4. The molecule has 1 fully saturated rings. The minimum atomic E-state index is -0.243. The van der Waals surface area contributed by atoms with Gasteiger partial charge in [-0.1, -0.05) is 0 Å². The monoisotopic (exact) mass is 414 g/mol. The number of fused-ring (bicyclic) bond motifs is 1. The van der Waals surface area contributed by atoms with Gasteiger partial charge in [-0.05, 0) is 19.1 Å². The summed E-state index contributed by atoms with van der Waals surface area (Å²) in [4.78, 5) is 11.6. The Balaban J connectivity index is 0.00000131. The molecule has 1 saturated heterocycles. The number of nitrogens with one attached hydrogen (secondary N) is 1. The molecular formula is C18H25Cl2FN6. The molecule has 1 aromatic carbocycles. The van der Waals surface area contributed by atoms with E-state index in [1.807, 2.05) is 25.5 Å². The number of rotatable bonds is 4. The van der Waals surface area contributed by atoms with E-state index in [0.29, 0.717) is 0 Å². The first kappa shape index (κ1) is 21.6. The lowest BCUT2D eigenvalue weighted by Gasteiger charge is -2.35. The molecule has 0 radical (unpaired) electrons. The van der Waals surface area contributed by atoms with E-state index in [9.17, 15) is 4.39 Å². The zero-order valence-electron chi connectivity index (χ0n) is 15.4. The smallest absolute Gasteiger partial charge is 0.127 e. The largest absolute Gasteiger partial charge is 0.337 e. The van der Waals surface area contributed by atoms with Gasteiger partial charge in [-0.15, -0.1) is 24.8 Å². The molecule has 9 heteroatoms.